The Labute approximate surface area is 117 Å². The molecule has 2 aromatic rings. The van der Waals surface area contributed by atoms with E-state index in [1.165, 1.54) is 24.3 Å². The molecule has 0 aliphatic carbocycles. The zero-order chi connectivity index (χ0) is 14.5. The first-order valence-corrected chi connectivity index (χ1v) is 6.40. The van der Waals surface area contributed by atoms with Gasteiger partial charge in [-0.25, -0.2) is 0 Å². The molecule has 0 aliphatic rings. The first-order valence-electron chi connectivity index (χ1n) is 6.40. The van der Waals surface area contributed by atoms with Crippen molar-refractivity contribution in [3.05, 3.63) is 75.8 Å². The Hall–Kier alpha value is -2.49. The van der Waals surface area contributed by atoms with Gasteiger partial charge in [0.2, 0.25) is 0 Å². The fourth-order valence-electron chi connectivity index (χ4n) is 2.06. The number of carbonyl (C=O) groups is 1. The molecule has 2 aromatic carbocycles. The van der Waals surface area contributed by atoms with Crippen molar-refractivity contribution >= 4 is 11.5 Å². The van der Waals surface area contributed by atoms with Crippen molar-refractivity contribution in [1.82, 2.24) is 0 Å². The maximum atomic E-state index is 12.1. The van der Waals surface area contributed by atoms with Crippen molar-refractivity contribution in [2.75, 3.05) is 0 Å². The molecule has 0 fully saturated rings. The van der Waals surface area contributed by atoms with Gasteiger partial charge in [0.05, 0.1) is 4.92 Å². The Morgan fingerprint density at radius 1 is 1.10 bits per heavy atom. The van der Waals surface area contributed by atoms with Gasteiger partial charge in [-0.2, -0.15) is 0 Å². The van der Waals surface area contributed by atoms with E-state index >= 15 is 0 Å². The lowest BCUT2D eigenvalue weighted by molar-refractivity contribution is -0.384. The van der Waals surface area contributed by atoms with Gasteiger partial charge in [0.1, 0.15) is 0 Å². The van der Waals surface area contributed by atoms with Crippen LogP contribution in [0.2, 0.25) is 0 Å². The summed E-state index contributed by atoms with van der Waals surface area (Å²) in [5.41, 5.74) is 1.62. The second-order valence-corrected chi connectivity index (χ2v) is 4.74. The molecule has 4 heteroatoms. The molecular weight excluding hydrogens is 254 g/mol. The van der Waals surface area contributed by atoms with Crippen LogP contribution in [0.15, 0.2) is 54.6 Å². The summed E-state index contributed by atoms with van der Waals surface area (Å²) in [6.45, 7) is 2.00. The Morgan fingerprint density at radius 3 is 2.25 bits per heavy atom. The molecule has 20 heavy (non-hydrogen) atoms. The molecule has 0 amide bonds. The summed E-state index contributed by atoms with van der Waals surface area (Å²) >= 11 is 0. The van der Waals surface area contributed by atoms with E-state index in [1.54, 1.807) is 0 Å². The van der Waals surface area contributed by atoms with E-state index < -0.39 is 4.92 Å². The number of rotatable bonds is 5. The van der Waals surface area contributed by atoms with Crippen LogP contribution in [0.3, 0.4) is 0 Å². The van der Waals surface area contributed by atoms with Crippen LogP contribution >= 0.6 is 0 Å². The van der Waals surface area contributed by atoms with Gasteiger partial charge in [-0.1, -0.05) is 37.3 Å². The van der Waals surface area contributed by atoms with E-state index in [0.717, 1.165) is 5.56 Å². The topological polar surface area (TPSA) is 60.2 Å². The fraction of sp³-hybridized carbons (Fsp3) is 0.188. The lowest BCUT2D eigenvalue weighted by Crippen LogP contribution is -2.05. The third-order valence-corrected chi connectivity index (χ3v) is 3.26. The van der Waals surface area contributed by atoms with Crippen LogP contribution in [0.5, 0.6) is 0 Å². The monoisotopic (exact) mass is 269 g/mol. The van der Waals surface area contributed by atoms with Crippen LogP contribution < -0.4 is 0 Å². The third-order valence-electron chi connectivity index (χ3n) is 3.26. The number of nitro groups is 1. The van der Waals surface area contributed by atoms with Gasteiger partial charge in [0.25, 0.3) is 5.69 Å². The average molecular weight is 269 g/mol. The van der Waals surface area contributed by atoms with Gasteiger partial charge in [-0.05, 0) is 23.6 Å². The molecule has 0 saturated carbocycles. The minimum Gasteiger partial charge on any atom is -0.294 e. The second kappa shape index (κ2) is 6.10. The normalized spacial score (nSPS) is 11.8. The summed E-state index contributed by atoms with van der Waals surface area (Å²) in [6.07, 6.45) is 0.391. The molecular formula is C16H15NO3. The van der Waals surface area contributed by atoms with Crippen LogP contribution in [0.1, 0.15) is 35.2 Å². The van der Waals surface area contributed by atoms with Gasteiger partial charge in [0, 0.05) is 24.1 Å². The number of ketones is 1. The lowest BCUT2D eigenvalue weighted by Gasteiger charge is -2.10. The fourth-order valence-corrected chi connectivity index (χ4v) is 2.06. The van der Waals surface area contributed by atoms with Crippen LogP contribution in [-0.2, 0) is 0 Å². The number of carbonyl (C=O) groups excluding carboxylic acids is 1. The predicted octanol–water partition coefficient (Wildman–Crippen LogP) is 3.97. The van der Waals surface area contributed by atoms with Crippen LogP contribution in [-0.4, -0.2) is 10.7 Å². The first-order chi connectivity index (χ1) is 9.58. The molecule has 0 saturated heterocycles. The number of hydrogen-bond acceptors (Lipinski definition) is 3. The number of nitrogens with zero attached hydrogens (tertiary/aromatic N) is 1. The largest absolute Gasteiger partial charge is 0.294 e. The van der Waals surface area contributed by atoms with E-state index in [4.69, 9.17) is 0 Å². The summed E-state index contributed by atoms with van der Waals surface area (Å²) in [5, 5.41) is 10.6. The molecule has 4 nitrogen and oxygen atoms in total. The number of nitro benzene ring substituents is 1. The van der Waals surface area contributed by atoms with Crippen LogP contribution in [0, 0.1) is 10.1 Å². The molecule has 102 valence electrons. The Kier molecular flexibility index (Phi) is 4.25. The highest BCUT2D eigenvalue weighted by atomic mass is 16.6. The Bertz CT molecular complexity index is 605. The van der Waals surface area contributed by atoms with Gasteiger partial charge >= 0.3 is 0 Å². The highest BCUT2D eigenvalue weighted by Crippen LogP contribution is 2.21. The quantitative estimate of drug-likeness (QED) is 0.468. The lowest BCUT2D eigenvalue weighted by atomic mass is 9.93. The molecule has 0 N–H and O–H groups in total. The van der Waals surface area contributed by atoms with Crippen molar-refractivity contribution in [2.45, 2.75) is 19.3 Å². The standard InChI is InChI=1S/C16H15NO3/c1-12(13-5-3-2-4-6-13)11-16(18)14-7-9-15(10-8-14)17(19)20/h2-10,12H,11H2,1H3/t12-/m1/s1. The third kappa shape index (κ3) is 3.29. The number of Topliss-reactive ketones (excluding diaryl/α,β-unsaturated/α-hetero) is 1. The summed E-state index contributed by atoms with van der Waals surface area (Å²) in [4.78, 5) is 22.2. The van der Waals surface area contributed by atoms with Gasteiger partial charge in [0.15, 0.2) is 5.78 Å². The molecule has 0 heterocycles. The molecule has 0 aromatic heterocycles. The summed E-state index contributed by atoms with van der Waals surface area (Å²) in [7, 11) is 0. The maximum Gasteiger partial charge on any atom is 0.269 e. The van der Waals surface area contributed by atoms with Gasteiger partial charge in [-0.15, -0.1) is 0 Å². The molecule has 1 atom stereocenters. The summed E-state index contributed by atoms with van der Waals surface area (Å²) in [6, 6.07) is 15.6. The molecule has 2 rings (SSSR count). The maximum absolute atomic E-state index is 12.1. The van der Waals surface area contributed by atoms with Crippen molar-refractivity contribution in [3.8, 4) is 0 Å². The first kappa shape index (κ1) is 13.9. The van der Waals surface area contributed by atoms with E-state index in [9.17, 15) is 14.9 Å². The Morgan fingerprint density at radius 2 is 1.70 bits per heavy atom. The smallest absolute Gasteiger partial charge is 0.269 e. The minimum absolute atomic E-state index is 0.00217. The predicted molar refractivity (Wildman–Crippen MR) is 76.9 cm³/mol. The molecule has 0 aliphatic heterocycles. The van der Waals surface area contributed by atoms with Crippen molar-refractivity contribution < 1.29 is 9.72 Å². The van der Waals surface area contributed by atoms with E-state index in [0.29, 0.717) is 12.0 Å². The van der Waals surface area contributed by atoms with Crippen molar-refractivity contribution in [3.63, 3.8) is 0 Å². The van der Waals surface area contributed by atoms with E-state index in [-0.39, 0.29) is 17.4 Å². The molecule has 0 unspecified atom stereocenters. The number of hydrogen-bond donors (Lipinski definition) is 0. The van der Waals surface area contributed by atoms with Crippen molar-refractivity contribution in [2.24, 2.45) is 0 Å². The number of non-ortho nitro benzene ring substituents is 1. The van der Waals surface area contributed by atoms with E-state index in [1.807, 2.05) is 37.3 Å². The van der Waals surface area contributed by atoms with Crippen LogP contribution in [0.4, 0.5) is 5.69 Å². The van der Waals surface area contributed by atoms with Gasteiger partial charge in [-0.3, -0.25) is 14.9 Å². The molecule has 0 spiro atoms. The second-order valence-electron chi connectivity index (χ2n) is 4.74. The zero-order valence-corrected chi connectivity index (χ0v) is 11.2. The van der Waals surface area contributed by atoms with Crippen LogP contribution in [0.25, 0.3) is 0 Å². The summed E-state index contributed by atoms with van der Waals surface area (Å²) < 4.78 is 0. The van der Waals surface area contributed by atoms with Crippen molar-refractivity contribution in [1.29, 1.82) is 0 Å². The van der Waals surface area contributed by atoms with Gasteiger partial charge < -0.3 is 0 Å². The van der Waals surface area contributed by atoms with E-state index in [2.05, 4.69) is 0 Å². The molecule has 0 radical (unpaired) electrons. The molecule has 0 bridgehead atoms. The summed E-state index contributed by atoms with van der Waals surface area (Å²) in [5.74, 6) is 0.121. The zero-order valence-electron chi connectivity index (χ0n) is 11.2. The SMILES string of the molecule is C[C@H](CC(=O)c1ccc([N+](=O)[O-])cc1)c1ccccc1. The highest BCUT2D eigenvalue weighted by molar-refractivity contribution is 5.96. The average Bonchev–Trinajstić information content (AvgIpc) is 2.48. The number of benzene rings is 2. The highest BCUT2D eigenvalue weighted by Gasteiger charge is 2.14. The minimum atomic E-state index is -0.471. The Balaban J connectivity index is 2.06.